The maximum Gasteiger partial charge on any atom is 0.119 e. The second-order valence-corrected chi connectivity index (χ2v) is 5.69. The van der Waals surface area contributed by atoms with Gasteiger partial charge in [-0.25, -0.2) is 0 Å². The van der Waals surface area contributed by atoms with Crippen molar-refractivity contribution in [2.45, 2.75) is 26.8 Å². The van der Waals surface area contributed by atoms with Gasteiger partial charge in [0.15, 0.2) is 0 Å². The van der Waals surface area contributed by atoms with Crippen molar-refractivity contribution in [3.8, 4) is 11.5 Å². The highest BCUT2D eigenvalue weighted by Crippen LogP contribution is 2.23. The summed E-state index contributed by atoms with van der Waals surface area (Å²) in [6.45, 7) is 7.12. The van der Waals surface area contributed by atoms with E-state index in [4.69, 9.17) is 4.74 Å². The van der Waals surface area contributed by atoms with Crippen LogP contribution in [0.25, 0.3) is 0 Å². The van der Waals surface area contributed by atoms with Crippen molar-refractivity contribution >= 4 is 5.69 Å². The Morgan fingerprint density at radius 2 is 1.57 bits per heavy atom. The highest BCUT2D eigenvalue weighted by molar-refractivity contribution is 5.48. The van der Waals surface area contributed by atoms with Crippen LogP contribution in [-0.4, -0.2) is 11.7 Å². The lowest BCUT2D eigenvalue weighted by Crippen LogP contribution is -2.07. The molecular formula is C18H23NO2. The Balaban J connectivity index is 1.96. The van der Waals surface area contributed by atoms with E-state index in [1.807, 2.05) is 24.3 Å². The number of anilines is 1. The SMILES string of the molecule is CC(C)COc1ccc(C(C)Nc2ccc(O)cc2)cc1. The first-order valence-corrected chi connectivity index (χ1v) is 7.33. The van der Waals surface area contributed by atoms with Gasteiger partial charge in [0.1, 0.15) is 11.5 Å². The van der Waals surface area contributed by atoms with Crippen molar-refractivity contribution in [1.82, 2.24) is 0 Å². The number of hydrogen-bond acceptors (Lipinski definition) is 3. The minimum absolute atomic E-state index is 0.189. The topological polar surface area (TPSA) is 41.5 Å². The van der Waals surface area contributed by atoms with Gasteiger partial charge in [0.2, 0.25) is 0 Å². The zero-order valence-electron chi connectivity index (χ0n) is 12.8. The third-order valence-electron chi connectivity index (χ3n) is 3.21. The number of ether oxygens (including phenoxy) is 1. The standard InChI is InChI=1S/C18H23NO2/c1-13(2)12-21-18-10-4-15(5-11-18)14(3)19-16-6-8-17(20)9-7-16/h4-11,13-14,19-20H,12H2,1-3H3. The fraction of sp³-hybridized carbons (Fsp3) is 0.333. The lowest BCUT2D eigenvalue weighted by Gasteiger charge is -2.16. The predicted molar refractivity (Wildman–Crippen MR) is 86.9 cm³/mol. The molecule has 0 spiro atoms. The van der Waals surface area contributed by atoms with Gasteiger partial charge in [0, 0.05) is 11.7 Å². The van der Waals surface area contributed by atoms with Crippen LogP contribution in [0.4, 0.5) is 5.69 Å². The molecule has 2 rings (SSSR count). The Bertz CT molecular complexity index is 546. The summed E-state index contributed by atoms with van der Waals surface area (Å²) in [5.41, 5.74) is 2.18. The maximum atomic E-state index is 9.29. The van der Waals surface area contributed by atoms with Crippen LogP contribution in [0.2, 0.25) is 0 Å². The van der Waals surface area contributed by atoms with Crippen molar-refractivity contribution < 1.29 is 9.84 Å². The second-order valence-electron chi connectivity index (χ2n) is 5.69. The molecule has 0 saturated heterocycles. The van der Waals surface area contributed by atoms with Gasteiger partial charge in [-0.2, -0.15) is 0 Å². The van der Waals surface area contributed by atoms with E-state index in [0.717, 1.165) is 18.0 Å². The molecule has 3 heteroatoms. The summed E-state index contributed by atoms with van der Waals surface area (Å²) >= 11 is 0. The molecule has 2 aromatic carbocycles. The van der Waals surface area contributed by atoms with E-state index >= 15 is 0 Å². The van der Waals surface area contributed by atoms with Crippen LogP contribution >= 0.6 is 0 Å². The molecule has 0 aliphatic carbocycles. The predicted octanol–water partition coefficient (Wildman–Crippen LogP) is 4.60. The minimum atomic E-state index is 0.189. The van der Waals surface area contributed by atoms with Crippen molar-refractivity contribution in [3.63, 3.8) is 0 Å². The summed E-state index contributed by atoms with van der Waals surface area (Å²) < 4.78 is 5.69. The van der Waals surface area contributed by atoms with E-state index in [2.05, 4.69) is 38.2 Å². The first-order chi connectivity index (χ1) is 10.0. The van der Waals surface area contributed by atoms with E-state index < -0.39 is 0 Å². The fourth-order valence-electron chi connectivity index (χ4n) is 2.01. The molecule has 1 unspecified atom stereocenters. The molecule has 0 aliphatic rings. The third-order valence-corrected chi connectivity index (χ3v) is 3.21. The van der Waals surface area contributed by atoms with Gasteiger partial charge in [-0.05, 0) is 54.8 Å². The largest absolute Gasteiger partial charge is 0.508 e. The maximum absolute atomic E-state index is 9.29. The molecule has 0 aromatic heterocycles. The van der Waals surface area contributed by atoms with Crippen LogP contribution in [0.1, 0.15) is 32.4 Å². The number of rotatable bonds is 6. The Morgan fingerprint density at radius 1 is 0.952 bits per heavy atom. The lowest BCUT2D eigenvalue weighted by molar-refractivity contribution is 0.271. The molecule has 3 nitrogen and oxygen atoms in total. The zero-order valence-corrected chi connectivity index (χ0v) is 12.8. The molecule has 2 N–H and O–H groups in total. The summed E-state index contributed by atoms with van der Waals surface area (Å²) in [6.07, 6.45) is 0. The summed E-state index contributed by atoms with van der Waals surface area (Å²) in [6, 6.07) is 15.4. The van der Waals surface area contributed by atoms with Crippen LogP contribution in [0.5, 0.6) is 11.5 Å². The number of hydrogen-bond donors (Lipinski definition) is 2. The molecule has 0 aliphatic heterocycles. The number of benzene rings is 2. The Hall–Kier alpha value is -2.16. The van der Waals surface area contributed by atoms with Crippen molar-refractivity contribution in [3.05, 3.63) is 54.1 Å². The van der Waals surface area contributed by atoms with Gasteiger partial charge >= 0.3 is 0 Å². The number of nitrogens with one attached hydrogen (secondary N) is 1. The van der Waals surface area contributed by atoms with Gasteiger partial charge < -0.3 is 15.2 Å². The van der Waals surface area contributed by atoms with Crippen LogP contribution < -0.4 is 10.1 Å². The molecule has 0 amide bonds. The summed E-state index contributed by atoms with van der Waals surface area (Å²) in [7, 11) is 0. The molecule has 0 radical (unpaired) electrons. The van der Waals surface area contributed by atoms with E-state index in [9.17, 15) is 5.11 Å². The number of phenolic OH excluding ortho intramolecular Hbond substituents is 1. The minimum Gasteiger partial charge on any atom is -0.508 e. The Morgan fingerprint density at radius 3 is 2.14 bits per heavy atom. The molecule has 1 atom stereocenters. The molecule has 21 heavy (non-hydrogen) atoms. The molecule has 0 fully saturated rings. The van der Waals surface area contributed by atoms with Gasteiger partial charge in [0.05, 0.1) is 6.61 Å². The second kappa shape index (κ2) is 7.02. The first-order valence-electron chi connectivity index (χ1n) is 7.33. The molecule has 0 heterocycles. The normalized spacial score (nSPS) is 12.2. The number of aromatic hydroxyl groups is 1. The highest BCUT2D eigenvalue weighted by Gasteiger charge is 2.06. The summed E-state index contributed by atoms with van der Waals surface area (Å²) in [5.74, 6) is 1.71. The fourth-order valence-corrected chi connectivity index (χ4v) is 2.01. The van der Waals surface area contributed by atoms with Crippen molar-refractivity contribution in [1.29, 1.82) is 0 Å². The van der Waals surface area contributed by atoms with Crippen LogP contribution in [0.3, 0.4) is 0 Å². The van der Waals surface area contributed by atoms with E-state index in [1.165, 1.54) is 5.56 Å². The molecule has 112 valence electrons. The smallest absolute Gasteiger partial charge is 0.119 e. The molecule has 0 saturated carbocycles. The quantitative estimate of drug-likeness (QED) is 0.762. The van der Waals surface area contributed by atoms with E-state index in [1.54, 1.807) is 12.1 Å². The van der Waals surface area contributed by atoms with Gasteiger partial charge in [0.25, 0.3) is 0 Å². The average Bonchev–Trinajstić information content (AvgIpc) is 2.48. The van der Waals surface area contributed by atoms with Gasteiger partial charge in [-0.15, -0.1) is 0 Å². The highest BCUT2D eigenvalue weighted by atomic mass is 16.5. The zero-order chi connectivity index (χ0) is 15.2. The van der Waals surface area contributed by atoms with Gasteiger partial charge in [-0.3, -0.25) is 0 Å². The number of phenols is 1. The summed E-state index contributed by atoms with van der Waals surface area (Å²) in [5, 5.41) is 12.7. The summed E-state index contributed by atoms with van der Waals surface area (Å²) in [4.78, 5) is 0. The van der Waals surface area contributed by atoms with Crippen LogP contribution in [-0.2, 0) is 0 Å². The van der Waals surface area contributed by atoms with Gasteiger partial charge in [-0.1, -0.05) is 26.0 Å². The van der Waals surface area contributed by atoms with E-state index in [-0.39, 0.29) is 11.8 Å². The van der Waals surface area contributed by atoms with E-state index in [0.29, 0.717) is 5.92 Å². The molecule has 0 bridgehead atoms. The van der Waals surface area contributed by atoms with Crippen LogP contribution in [0.15, 0.2) is 48.5 Å². The average molecular weight is 285 g/mol. The monoisotopic (exact) mass is 285 g/mol. The van der Waals surface area contributed by atoms with Crippen molar-refractivity contribution in [2.75, 3.05) is 11.9 Å². The third kappa shape index (κ3) is 4.71. The van der Waals surface area contributed by atoms with Crippen LogP contribution in [0, 0.1) is 5.92 Å². The Labute approximate surface area is 126 Å². The molecular weight excluding hydrogens is 262 g/mol. The first kappa shape index (κ1) is 15.2. The lowest BCUT2D eigenvalue weighted by atomic mass is 10.1. The molecule has 2 aromatic rings. The van der Waals surface area contributed by atoms with Crippen molar-refractivity contribution in [2.24, 2.45) is 5.92 Å². The Kier molecular flexibility index (Phi) is 5.09.